The SMILES string of the molecule is Cc1ccc(O)cc1C12CCN(CC3CC3)C(C)C1Cc1cc(C(=O)N3CCCC3)c(=O)[nH]c1C2. The Balaban J connectivity index is 1.42. The molecule has 1 aromatic heterocycles. The van der Waals surface area contributed by atoms with E-state index in [1.54, 1.807) is 6.07 Å². The van der Waals surface area contributed by atoms with Crippen LogP contribution < -0.4 is 5.56 Å². The number of nitrogens with zero attached hydrogens (tertiary/aromatic N) is 2. The normalized spacial score (nSPS) is 28.6. The number of hydrogen-bond donors (Lipinski definition) is 2. The van der Waals surface area contributed by atoms with Gasteiger partial charge in [-0.3, -0.25) is 9.59 Å². The molecule has 0 spiro atoms. The second kappa shape index (κ2) is 8.51. The molecular formula is C29H37N3O3. The lowest BCUT2D eigenvalue weighted by Crippen LogP contribution is -2.59. The zero-order valence-electron chi connectivity index (χ0n) is 21.0. The van der Waals surface area contributed by atoms with Gasteiger partial charge in [0.1, 0.15) is 11.3 Å². The molecule has 2 N–H and O–H groups in total. The number of phenols is 1. The number of phenolic OH excluding ortho intramolecular Hbond substituents is 1. The molecule has 3 atom stereocenters. The van der Waals surface area contributed by atoms with E-state index in [1.807, 2.05) is 23.1 Å². The lowest BCUT2D eigenvalue weighted by molar-refractivity contribution is 0.0246. The van der Waals surface area contributed by atoms with E-state index in [9.17, 15) is 14.7 Å². The lowest BCUT2D eigenvalue weighted by atomic mass is 9.55. The van der Waals surface area contributed by atoms with Crippen LogP contribution in [0.1, 0.15) is 71.8 Å². The van der Waals surface area contributed by atoms with Gasteiger partial charge in [0.2, 0.25) is 0 Å². The molecular weight excluding hydrogens is 438 g/mol. The highest BCUT2D eigenvalue weighted by Gasteiger charge is 2.51. The summed E-state index contributed by atoms with van der Waals surface area (Å²) in [6.07, 6.45) is 7.30. The highest BCUT2D eigenvalue weighted by Crippen LogP contribution is 2.51. The van der Waals surface area contributed by atoms with Gasteiger partial charge in [0.25, 0.3) is 11.5 Å². The van der Waals surface area contributed by atoms with Gasteiger partial charge in [0, 0.05) is 36.8 Å². The Bertz CT molecular complexity index is 1210. The van der Waals surface area contributed by atoms with Crippen LogP contribution in [-0.4, -0.2) is 58.0 Å². The van der Waals surface area contributed by atoms with Crippen LogP contribution in [0, 0.1) is 18.8 Å². The summed E-state index contributed by atoms with van der Waals surface area (Å²) in [7, 11) is 0. The Morgan fingerprint density at radius 1 is 1.17 bits per heavy atom. The number of carbonyl (C=O) groups excluding carboxylic acids is 1. The molecule has 3 fully saturated rings. The van der Waals surface area contributed by atoms with Crippen LogP contribution >= 0.6 is 0 Å². The number of amides is 1. The Hall–Kier alpha value is -2.60. The molecule has 6 nitrogen and oxygen atoms in total. The van der Waals surface area contributed by atoms with E-state index in [-0.39, 0.29) is 16.9 Å². The zero-order chi connectivity index (χ0) is 24.3. The van der Waals surface area contributed by atoms with Gasteiger partial charge in [-0.1, -0.05) is 6.07 Å². The van der Waals surface area contributed by atoms with Crippen molar-refractivity contribution in [1.82, 2.24) is 14.8 Å². The maximum Gasteiger partial charge on any atom is 0.261 e. The number of aromatic hydroxyl groups is 1. The summed E-state index contributed by atoms with van der Waals surface area (Å²) in [5.41, 5.74) is 4.39. The third kappa shape index (κ3) is 3.90. The predicted octanol–water partition coefficient (Wildman–Crippen LogP) is 3.78. The summed E-state index contributed by atoms with van der Waals surface area (Å²) in [4.78, 5) is 33.9. The van der Waals surface area contributed by atoms with E-state index in [1.165, 1.54) is 30.5 Å². The van der Waals surface area contributed by atoms with E-state index in [4.69, 9.17) is 0 Å². The summed E-state index contributed by atoms with van der Waals surface area (Å²) >= 11 is 0. The van der Waals surface area contributed by atoms with Crippen molar-refractivity contribution in [3.63, 3.8) is 0 Å². The van der Waals surface area contributed by atoms with Gasteiger partial charge in [-0.05, 0) is 112 Å². The fourth-order valence-corrected chi connectivity index (χ4v) is 7.25. The number of hydrogen-bond acceptors (Lipinski definition) is 4. The maximum atomic E-state index is 13.1. The Kier molecular flexibility index (Phi) is 5.55. The molecule has 2 saturated heterocycles. The number of aromatic amines is 1. The second-order valence-corrected chi connectivity index (χ2v) is 11.6. The van der Waals surface area contributed by atoms with Crippen LogP contribution in [0.25, 0.3) is 0 Å². The third-order valence-electron chi connectivity index (χ3n) is 9.43. The molecule has 1 amide bonds. The van der Waals surface area contributed by atoms with Crippen LogP contribution in [0.3, 0.4) is 0 Å². The number of rotatable bonds is 4. The average molecular weight is 476 g/mol. The number of carbonyl (C=O) groups is 1. The van der Waals surface area contributed by atoms with Crippen molar-refractivity contribution in [3.8, 4) is 5.75 Å². The van der Waals surface area contributed by atoms with E-state index < -0.39 is 0 Å². The molecule has 3 unspecified atom stereocenters. The molecule has 2 aliphatic heterocycles. The molecule has 3 heterocycles. The summed E-state index contributed by atoms with van der Waals surface area (Å²) in [6.45, 7) is 8.19. The van der Waals surface area contributed by atoms with Gasteiger partial charge in [0.15, 0.2) is 0 Å². The largest absolute Gasteiger partial charge is 0.508 e. The van der Waals surface area contributed by atoms with Gasteiger partial charge in [0.05, 0.1) is 0 Å². The minimum atomic E-state index is -0.263. The van der Waals surface area contributed by atoms with Crippen LogP contribution in [0.5, 0.6) is 5.75 Å². The fourth-order valence-electron chi connectivity index (χ4n) is 7.25. The average Bonchev–Trinajstić information content (AvgIpc) is 3.49. The van der Waals surface area contributed by atoms with Gasteiger partial charge in [-0.2, -0.15) is 0 Å². The van der Waals surface area contributed by atoms with Crippen molar-refractivity contribution in [1.29, 1.82) is 0 Å². The number of pyridine rings is 1. The van der Waals surface area contributed by atoms with Crippen molar-refractivity contribution in [3.05, 3.63) is 62.6 Å². The first-order chi connectivity index (χ1) is 16.9. The number of likely N-dealkylation sites (tertiary alicyclic amines) is 2. The number of piperidine rings is 1. The standard InChI is InChI=1S/C29H37N3O3/c1-18-5-8-22(33)15-24(18)29-9-12-32(17-20-6-7-20)19(2)25(29)14-21-13-23(27(34)30-26(21)16-29)28(35)31-10-3-4-11-31/h5,8,13,15,19-20,25,33H,3-4,6-7,9-12,14,16-17H2,1-2H3,(H,30,34). The molecule has 186 valence electrons. The summed E-state index contributed by atoms with van der Waals surface area (Å²) in [5.74, 6) is 1.37. The monoisotopic (exact) mass is 475 g/mol. The number of aryl methyl sites for hydroxylation is 1. The summed E-state index contributed by atoms with van der Waals surface area (Å²) < 4.78 is 0. The number of nitrogens with one attached hydrogen (secondary N) is 1. The van der Waals surface area contributed by atoms with Crippen molar-refractivity contribution >= 4 is 5.91 Å². The van der Waals surface area contributed by atoms with Crippen molar-refractivity contribution < 1.29 is 9.90 Å². The van der Waals surface area contributed by atoms with Crippen LogP contribution in [-0.2, 0) is 18.3 Å². The van der Waals surface area contributed by atoms with Gasteiger partial charge in [-0.25, -0.2) is 0 Å². The smallest absolute Gasteiger partial charge is 0.261 e. The Morgan fingerprint density at radius 3 is 2.69 bits per heavy atom. The Labute approximate surface area is 207 Å². The minimum absolute atomic E-state index is 0.126. The molecule has 1 saturated carbocycles. The molecule has 2 aromatic rings. The van der Waals surface area contributed by atoms with Crippen molar-refractivity contribution in [2.24, 2.45) is 11.8 Å². The van der Waals surface area contributed by atoms with Gasteiger partial charge >= 0.3 is 0 Å². The molecule has 2 aliphatic carbocycles. The molecule has 0 bridgehead atoms. The predicted molar refractivity (Wildman–Crippen MR) is 136 cm³/mol. The van der Waals surface area contributed by atoms with E-state index in [0.29, 0.717) is 23.3 Å². The summed E-state index contributed by atoms with van der Waals surface area (Å²) in [5, 5.41) is 10.4. The zero-order valence-corrected chi connectivity index (χ0v) is 21.0. The van der Waals surface area contributed by atoms with Crippen LogP contribution in [0.2, 0.25) is 0 Å². The number of H-pyrrole nitrogens is 1. The molecule has 6 rings (SSSR count). The quantitative estimate of drug-likeness (QED) is 0.706. The maximum absolute atomic E-state index is 13.1. The molecule has 6 heteroatoms. The van der Waals surface area contributed by atoms with E-state index in [2.05, 4.69) is 23.7 Å². The van der Waals surface area contributed by atoms with E-state index in [0.717, 1.165) is 68.9 Å². The molecule has 4 aliphatic rings. The van der Waals surface area contributed by atoms with E-state index >= 15 is 0 Å². The summed E-state index contributed by atoms with van der Waals surface area (Å²) in [6, 6.07) is 8.04. The Morgan fingerprint density at radius 2 is 1.94 bits per heavy atom. The van der Waals surface area contributed by atoms with Gasteiger partial charge in [-0.15, -0.1) is 0 Å². The number of fused-ring (bicyclic) bond motifs is 2. The number of aromatic nitrogens is 1. The highest BCUT2D eigenvalue weighted by molar-refractivity contribution is 5.94. The lowest BCUT2D eigenvalue weighted by Gasteiger charge is -2.55. The second-order valence-electron chi connectivity index (χ2n) is 11.6. The van der Waals surface area contributed by atoms with Crippen LogP contribution in [0.15, 0.2) is 29.1 Å². The van der Waals surface area contributed by atoms with Gasteiger partial charge < -0.3 is 19.9 Å². The van der Waals surface area contributed by atoms with Crippen LogP contribution in [0.4, 0.5) is 0 Å². The number of benzene rings is 1. The van der Waals surface area contributed by atoms with Crippen molar-refractivity contribution in [2.45, 2.75) is 70.3 Å². The topological polar surface area (TPSA) is 76.6 Å². The minimum Gasteiger partial charge on any atom is -0.508 e. The highest BCUT2D eigenvalue weighted by atomic mass is 16.3. The first-order valence-corrected chi connectivity index (χ1v) is 13.4. The first kappa shape index (κ1) is 22.8. The van der Waals surface area contributed by atoms with Crippen molar-refractivity contribution in [2.75, 3.05) is 26.2 Å². The third-order valence-corrected chi connectivity index (χ3v) is 9.43. The first-order valence-electron chi connectivity index (χ1n) is 13.4. The molecule has 0 radical (unpaired) electrons. The molecule has 1 aromatic carbocycles. The molecule has 35 heavy (non-hydrogen) atoms. The fraction of sp³-hybridized carbons (Fsp3) is 0.586.